The van der Waals surface area contributed by atoms with E-state index in [4.69, 9.17) is 14.2 Å². The standard InChI is InChI=1S/C24H37N3O3/c1-23(2,3)28-13-7-8-18-14-22(26-25-17-18)27-11-9-19(10-12-27)29-20-15-21(16-20)30-24(4,5)6/h14,17,19-21H,9-13,15-16H2,1-6H3. The second-order valence-corrected chi connectivity index (χ2v) is 10.3. The van der Waals surface area contributed by atoms with Crippen LogP contribution in [-0.2, 0) is 14.2 Å². The highest BCUT2D eigenvalue weighted by atomic mass is 16.5. The fourth-order valence-corrected chi connectivity index (χ4v) is 3.69. The molecule has 1 saturated heterocycles. The van der Waals surface area contributed by atoms with Crippen LogP contribution in [0, 0.1) is 11.8 Å². The Kier molecular flexibility index (Phi) is 7.38. The number of piperidine rings is 1. The summed E-state index contributed by atoms with van der Waals surface area (Å²) in [7, 11) is 0. The van der Waals surface area contributed by atoms with Gasteiger partial charge < -0.3 is 19.1 Å². The molecule has 1 aromatic heterocycles. The van der Waals surface area contributed by atoms with E-state index < -0.39 is 0 Å². The molecule has 1 aromatic rings. The van der Waals surface area contributed by atoms with E-state index in [1.807, 2.05) is 26.8 Å². The molecule has 0 bridgehead atoms. The Balaban J connectivity index is 1.42. The maximum Gasteiger partial charge on any atom is 0.152 e. The number of anilines is 1. The van der Waals surface area contributed by atoms with Gasteiger partial charge in [0.05, 0.1) is 35.7 Å². The highest BCUT2D eigenvalue weighted by Crippen LogP contribution is 2.32. The number of nitrogens with zero attached hydrogens (tertiary/aromatic N) is 3. The normalized spacial score (nSPS) is 22.9. The van der Waals surface area contributed by atoms with Crippen molar-refractivity contribution in [2.75, 3.05) is 24.6 Å². The first kappa shape index (κ1) is 23.0. The molecule has 166 valence electrons. The highest BCUT2D eigenvalue weighted by molar-refractivity contribution is 5.45. The summed E-state index contributed by atoms with van der Waals surface area (Å²) in [5.74, 6) is 7.07. The van der Waals surface area contributed by atoms with Gasteiger partial charge in [0.15, 0.2) is 5.82 Å². The van der Waals surface area contributed by atoms with Gasteiger partial charge in [0, 0.05) is 18.7 Å². The van der Waals surface area contributed by atoms with E-state index in [1.165, 1.54) is 0 Å². The summed E-state index contributed by atoms with van der Waals surface area (Å²) < 4.78 is 17.9. The Bertz CT molecular complexity index is 743. The first-order valence-corrected chi connectivity index (χ1v) is 11.1. The minimum absolute atomic E-state index is 0.0689. The molecule has 2 fully saturated rings. The molecule has 0 unspecified atom stereocenters. The van der Waals surface area contributed by atoms with Crippen LogP contribution in [0.3, 0.4) is 0 Å². The Morgan fingerprint density at radius 3 is 2.33 bits per heavy atom. The van der Waals surface area contributed by atoms with Crippen LogP contribution in [0.15, 0.2) is 12.3 Å². The first-order valence-electron chi connectivity index (χ1n) is 11.1. The van der Waals surface area contributed by atoms with E-state index in [1.54, 1.807) is 6.20 Å². The van der Waals surface area contributed by atoms with Gasteiger partial charge in [0.25, 0.3) is 0 Å². The van der Waals surface area contributed by atoms with Gasteiger partial charge in [0.1, 0.15) is 6.61 Å². The van der Waals surface area contributed by atoms with Gasteiger partial charge in [-0.3, -0.25) is 0 Å². The Morgan fingerprint density at radius 2 is 1.70 bits per heavy atom. The quantitative estimate of drug-likeness (QED) is 0.678. The number of aromatic nitrogens is 2. The lowest BCUT2D eigenvalue weighted by Gasteiger charge is -2.42. The number of hydrogen-bond acceptors (Lipinski definition) is 6. The summed E-state index contributed by atoms with van der Waals surface area (Å²) in [5, 5.41) is 8.44. The van der Waals surface area contributed by atoms with E-state index in [0.29, 0.717) is 24.9 Å². The van der Waals surface area contributed by atoms with Crippen LogP contribution in [0.25, 0.3) is 0 Å². The molecule has 0 spiro atoms. The monoisotopic (exact) mass is 415 g/mol. The molecule has 0 amide bonds. The van der Waals surface area contributed by atoms with Crippen LogP contribution in [0.4, 0.5) is 5.82 Å². The third-order valence-electron chi connectivity index (χ3n) is 5.17. The van der Waals surface area contributed by atoms with Crippen LogP contribution in [-0.4, -0.2) is 59.4 Å². The average Bonchev–Trinajstić information content (AvgIpc) is 2.63. The number of hydrogen-bond donors (Lipinski definition) is 0. The molecule has 2 heterocycles. The number of ether oxygens (including phenoxy) is 3. The topological polar surface area (TPSA) is 56.7 Å². The molecular weight excluding hydrogens is 378 g/mol. The van der Waals surface area contributed by atoms with E-state index in [2.05, 4.69) is 47.7 Å². The zero-order valence-electron chi connectivity index (χ0n) is 19.4. The predicted octanol–water partition coefficient (Wildman–Crippen LogP) is 3.97. The Labute approximate surface area is 181 Å². The average molecular weight is 416 g/mol. The van der Waals surface area contributed by atoms with Gasteiger partial charge in [-0.15, -0.1) is 5.10 Å². The second kappa shape index (κ2) is 9.64. The molecule has 6 nitrogen and oxygen atoms in total. The number of rotatable bonds is 5. The summed E-state index contributed by atoms with van der Waals surface area (Å²) in [6.07, 6.45) is 6.79. The van der Waals surface area contributed by atoms with Crippen molar-refractivity contribution >= 4 is 5.82 Å². The SMILES string of the molecule is CC(C)(C)OCC#Cc1cnnc(N2CCC(OC3CC(OC(C)(C)C)C3)CC2)c1. The van der Waals surface area contributed by atoms with Crippen molar-refractivity contribution in [3.05, 3.63) is 17.8 Å². The van der Waals surface area contributed by atoms with Crippen molar-refractivity contribution in [2.24, 2.45) is 0 Å². The maximum absolute atomic E-state index is 6.29. The molecule has 1 aliphatic carbocycles. The minimum atomic E-state index is -0.178. The lowest BCUT2D eigenvalue weighted by atomic mass is 9.90. The molecule has 1 aliphatic heterocycles. The zero-order valence-corrected chi connectivity index (χ0v) is 19.4. The fourth-order valence-electron chi connectivity index (χ4n) is 3.69. The summed E-state index contributed by atoms with van der Waals surface area (Å²) in [6.45, 7) is 14.7. The molecule has 30 heavy (non-hydrogen) atoms. The van der Waals surface area contributed by atoms with Gasteiger partial charge in [-0.05, 0) is 73.3 Å². The largest absolute Gasteiger partial charge is 0.375 e. The third-order valence-corrected chi connectivity index (χ3v) is 5.17. The zero-order chi connectivity index (χ0) is 21.8. The van der Waals surface area contributed by atoms with Gasteiger partial charge in [-0.1, -0.05) is 11.8 Å². The lowest BCUT2D eigenvalue weighted by Crippen LogP contribution is -2.45. The highest BCUT2D eigenvalue weighted by Gasteiger charge is 2.35. The van der Waals surface area contributed by atoms with Crippen LogP contribution in [0.1, 0.15) is 72.8 Å². The molecule has 0 atom stereocenters. The lowest BCUT2D eigenvalue weighted by molar-refractivity contribution is -0.164. The Hall–Kier alpha value is -1.68. The maximum atomic E-state index is 6.29. The molecule has 2 aliphatic rings. The summed E-state index contributed by atoms with van der Waals surface area (Å²) in [6, 6.07) is 2.01. The van der Waals surface area contributed by atoms with E-state index in [0.717, 1.165) is 50.2 Å². The van der Waals surface area contributed by atoms with Crippen LogP contribution in [0.5, 0.6) is 0 Å². The first-order chi connectivity index (χ1) is 14.1. The van der Waals surface area contributed by atoms with E-state index in [9.17, 15) is 0 Å². The summed E-state index contributed by atoms with van der Waals surface area (Å²) >= 11 is 0. The van der Waals surface area contributed by atoms with Gasteiger partial charge >= 0.3 is 0 Å². The van der Waals surface area contributed by atoms with Crippen LogP contribution in [0.2, 0.25) is 0 Å². The molecule has 0 N–H and O–H groups in total. The Morgan fingerprint density at radius 1 is 1.00 bits per heavy atom. The predicted molar refractivity (Wildman–Crippen MR) is 119 cm³/mol. The third kappa shape index (κ3) is 7.54. The fraction of sp³-hybridized carbons (Fsp3) is 0.750. The minimum Gasteiger partial charge on any atom is -0.375 e. The van der Waals surface area contributed by atoms with Gasteiger partial charge in [0.2, 0.25) is 0 Å². The van der Waals surface area contributed by atoms with Crippen LogP contribution >= 0.6 is 0 Å². The molecule has 6 heteroatoms. The van der Waals surface area contributed by atoms with Crippen molar-refractivity contribution in [2.45, 2.75) is 96.7 Å². The van der Waals surface area contributed by atoms with E-state index in [-0.39, 0.29) is 11.2 Å². The van der Waals surface area contributed by atoms with Crippen LogP contribution < -0.4 is 4.90 Å². The van der Waals surface area contributed by atoms with Crippen molar-refractivity contribution in [1.82, 2.24) is 10.2 Å². The molecule has 0 radical (unpaired) electrons. The van der Waals surface area contributed by atoms with E-state index >= 15 is 0 Å². The molecular formula is C24H37N3O3. The second-order valence-electron chi connectivity index (χ2n) is 10.3. The van der Waals surface area contributed by atoms with Crippen molar-refractivity contribution in [3.8, 4) is 11.8 Å². The van der Waals surface area contributed by atoms with Gasteiger partial charge in [-0.2, -0.15) is 5.10 Å². The van der Waals surface area contributed by atoms with Gasteiger partial charge in [-0.25, -0.2) is 0 Å². The van der Waals surface area contributed by atoms with Crippen molar-refractivity contribution in [3.63, 3.8) is 0 Å². The molecule has 3 rings (SSSR count). The smallest absolute Gasteiger partial charge is 0.152 e. The van der Waals surface area contributed by atoms with Crippen molar-refractivity contribution in [1.29, 1.82) is 0 Å². The van der Waals surface area contributed by atoms with Crippen molar-refractivity contribution < 1.29 is 14.2 Å². The molecule has 0 aromatic carbocycles. The summed E-state index contributed by atoms with van der Waals surface area (Å²) in [5.41, 5.74) is 0.624. The molecule has 1 saturated carbocycles. The summed E-state index contributed by atoms with van der Waals surface area (Å²) in [4.78, 5) is 2.27.